The fourth-order valence-electron chi connectivity index (χ4n) is 4.38. The van der Waals surface area contributed by atoms with E-state index in [2.05, 4.69) is 31.1 Å². The summed E-state index contributed by atoms with van der Waals surface area (Å²) in [4.78, 5) is 14.4. The second kappa shape index (κ2) is 9.86. The second-order valence-corrected chi connectivity index (χ2v) is 8.42. The topological polar surface area (TPSA) is 90.0 Å². The highest BCUT2D eigenvalue weighted by atomic mass is 16.5. The minimum Gasteiger partial charge on any atom is -0.497 e. The van der Waals surface area contributed by atoms with Gasteiger partial charge in [0.2, 0.25) is 5.95 Å². The monoisotopic (exact) mass is 440 g/mol. The van der Waals surface area contributed by atoms with Gasteiger partial charge in [-0.2, -0.15) is 4.98 Å². The van der Waals surface area contributed by atoms with Crippen LogP contribution in [0, 0.1) is 0 Å². The van der Waals surface area contributed by atoms with Crippen molar-refractivity contribution in [3.63, 3.8) is 0 Å². The molecule has 10 heteroatoms. The Morgan fingerprint density at radius 1 is 1.06 bits per heavy atom. The van der Waals surface area contributed by atoms with Crippen molar-refractivity contribution in [3.05, 3.63) is 30.5 Å². The van der Waals surface area contributed by atoms with Crippen molar-refractivity contribution in [1.29, 1.82) is 0 Å². The van der Waals surface area contributed by atoms with Crippen LogP contribution in [0.2, 0.25) is 0 Å². The van der Waals surface area contributed by atoms with Crippen LogP contribution in [0.3, 0.4) is 0 Å². The lowest BCUT2D eigenvalue weighted by molar-refractivity contribution is 0.0322. The Labute approximate surface area is 188 Å². The number of methoxy groups -OCH3 is 1. The molecule has 2 saturated heterocycles. The molecule has 1 aromatic heterocycles. The van der Waals surface area contributed by atoms with Crippen LogP contribution in [-0.2, 0) is 4.74 Å². The van der Waals surface area contributed by atoms with Crippen LogP contribution in [0.5, 0.6) is 5.75 Å². The highest BCUT2D eigenvalue weighted by molar-refractivity contribution is 5.76. The number of nitrogens with one attached hydrogen (secondary N) is 3. The van der Waals surface area contributed by atoms with Crippen LogP contribution in [0.15, 0.2) is 30.5 Å². The number of fused-ring (bicyclic) bond motifs is 1. The predicted molar refractivity (Wildman–Crippen MR) is 124 cm³/mol. The molecular formula is C22H32N8O2. The van der Waals surface area contributed by atoms with Crippen molar-refractivity contribution >= 4 is 23.1 Å². The zero-order valence-corrected chi connectivity index (χ0v) is 18.6. The number of aromatic nitrogens is 2. The summed E-state index contributed by atoms with van der Waals surface area (Å²) in [6.07, 6.45) is 4.02. The van der Waals surface area contributed by atoms with E-state index in [1.54, 1.807) is 7.11 Å². The van der Waals surface area contributed by atoms with Crippen molar-refractivity contribution in [2.75, 3.05) is 75.3 Å². The average molecular weight is 441 g/mol. The van der Waals surface area contributed by atoms with E-state index in [-0.39, 0.29) is 0 Å². The number of hydrogen-bond acceptors (Lipinski definition) is 10. The van der Waals surface area contributed by atoms with E-state index in [9.17, 15) is 0 Å². The van der Waals surface area contributed by atoms with Crippen LogP contribution < -0.4 is 26.0 Å². The lowest BCUT2D eigenvalue weighted by atomic mass is 10.1. The predicted octanol–water partition coefficient (Wildman–Crippen LogP) is 1.68. The Morgan fingerprint density at radius 2 is 1.78 bits per heavy atom. The number of benzene rings is 1. The van der Waals surface area contributed by atoms with Gasteiger partial charge in [0.15, 0.2) is 5.82 Å². The first-order valence-electron chi connectivity index (χ1n) is 11.4. The SMILES string of the molecule is COc1ccc(N2NNc3cnc(NC4CCN(CCN5CCOCC5)CC4)nc32)cc1. The molecular weight excluding hydrogens is 408 g/mol. The number of anilines is 4. The summed E-state index contributed by atoms with van der Waals surface area (Å²) in [6.45, 7) is 8.34. The molecule has 0 amide bonds. The minimum atomic E-state index is 0.393. The number of likely N-dealkylation sites (tertiary alicyclic amines) is 1. The van der Waals surface area contributed by atoms with Gasteiger partial charge in [0.25, 0.3) is 0 Å². The molecule has 3 aliphatic rings. The zero-order chi connectivity index (χ0) is 21.8. The number of ether oxygens (including phenoxy) is 2. The van der Waals surface area contributed by atoms with Gasteiger partial charge in [-0.3, -0.25) is 10.3 Å². The third-order valence-corrected chi connectivity index (χ3v) is 6.37. The smallest absolute Gasteiger partial charge is 0.225 e. The third-order valence-electron chi connectivity index (χ3n) is 6.37. The van der Waals surface area contributed by atoms with Gasteiger partial charge in [0, 0.05) is 45.3 Å². The molecule has 0 spiro atoms. The van der Waals surface area contributed by atoms with E-state index >= 15 is 0 Å². The Morgan fingerprint density at radius 3 is 2.50 bits per heavy atom. The van der Waals surface area contributed by atoms with Gasteiger partial charge in [-0.15, -0.1) is 5.53 Å². The summed E-state index contributed by atoms with van der Waals surface area (Å²) in [6, 6.07) is 8.24. The third kappa shape index (κ3) is 4.88. The minimum absolute atomic E-state index is 0.393. The average Bonchev–Trinajstić information content (AvgIpc) is 3.28. The summed E-state index contributed by atoms with van der Waals surface area (Å²) in [7, 11) is 1.67. The van der Waals surface area contributed by atoms with E-state index in [1.165, 1.54) is 0 Å². The fourth-order valence-corrected chi connectivity index (χ4v) is 4.38. The van der Waals surface area contributed by atoms with Crippen LogP contribution >= 0.6 is 0 Å². The number of morpholine rings is 1. The van der Waals surface area contributed by atoms with Crippen LogP contribution in [0.1, 0.15) is 12.8 Å². The summed E-state index contributed by atoms with van der Waals surface area (Å²) < 4.78 is 10.7. The van der Waals surface area contributed by atoms with E-state index in [0.29, 0.717) is 12.0 Å². The first-order chi connectivity index (χ1) is 15.8. The molecule has 5 rings (SSSR count). The van der Waals surface area contributed by atoms with Crippen molar-refractivity contribution in [2.45, 2.75) is 18.9 Å². The standard InChI is InChI=1S/C22H32N8O2/c1-31-19-4-2-18(3-5-19)30-21-20(26-27-30)16-23-22(25-21)24-17-6-8-28(9-7-17)10-11-29-12-14-32-15-13-29/h2-5,16-17,26-27H,6-15H2,1H3,(H,23,24,25). The quantitative estimate of drug-likeness (QED) is 0.591. The fraction of sp³-hybridized carbons (Fsp3) is 0.545. The maximum Gasteiger partial charge on any atom is 0.225 e. The van der Waals surface area contributed by atoms with Gasteiger partial charge in [0.1, 0.15) is 11.4 Å². The first kappa shape index (κ1) is 21.2. The Kier molecular flexibility index (Phi) is 6.54. The molecule has 2 aromatic rings. The normalized spacial score (nSPS) is 20.1. The second-order valence-electron chi connectivity index (χ2n) is 8.42. The molecule has 0 radical (unpaired) electrons. The molecule has 0 saturated carbocycles. The summed E-state index contributed by atoms with van der Waals surface area (Å²) in [5, 5.41) is 5.46. The van der Waals surface area contributed by atoms with Crippen molar-refractivity contribution in [1.82, 2.24) is 25.3 Å². The van der Waals surface area contributed by atoms with Crippen molar-refractivity contribution < 1.29 is 9.47 Å². The molecule has 172 valence electrons. The highest BCUT2D eigenvalue weighted by Crippen LogP contribution is 2.33. The van der Waals surface area contributed by atoms with Gasteiger partial charge in [-0.25, -0.2) is 9.99 Å². The Bertz CT molecular complexity index is 882. The maximum absolute atomic E-state index is 5.44. The zero-order valence-electron chi connectivity index (χ0n) is 18.6. The lowest BCUT2D eigenvalue weighted by Gasteiger charge is -2.34. The summed E-state index contributed by atoms with van der Waals surface area (Å²) in [5.74, 6) is 2.29. The molecule has 3 aliphatic heterocycles. The molecule has 2 fully saturated rings. The van der Waals surface area contributed by atoms with Gasteiger partial charge in [-0.05, 0) is 37.1 Å². The molecule has 32 heavy (non-hydrogen) atoms. The highest BCUT2D eigenvalue weighted by Gasteiger charge is 2.25. The largest absolute Gasteiger partial charge is 0.497 e. The van der Waals surface area contributed by atoms with E-state index in [1.807, 2.05) is 35.5 Å². The molecule has 0 aliphatic carbocycles. The summed E-state index contributed by atoms with van der Waals surface area (Å²) >= 11 is 0. The number of rotatable bonds is 7. The number of hydrogen-bond donors (Lipinski definition) is 3. The van der Waals surface area contributed by atoms with Gasteiger partial charge >= 0.3 is 0 Å². The number of hydrazine groups is 2. The molecule has 3 N–H and O–H groups in total. The molecule has 1 aromatic carbocycles. The lowest BCUT2D eigenvalue weighted by Crippen LogP contribution is -2.45. The van der Waals surface area contributed by atoms with E-state index < -0.39 is 0 Å². The van der Waals surface area contributed by atoms with Crippen LogP contribution in [0.4, 0.5) is 23.1 Å². The van der Waals surface area contributed by atoms with Gasteiger partial charge in [0.05, 0.1) is 32.2 Å². The molecule has 0 atom stereocenters. The number of nitrogens with zero attached hydrogens (tertiary/aromatic N) is 5. The van der Waals surface area contributed by atoms with E-state index in [4.69, 9.17) is 14.5 Å². The Hall–Kier alpha value is -2.66. The summed E-state index contributed by atoms with van der Waals surface area (Å²) in [5.41, 5.74) is 8.09. The first-order valence-corrected chi connectivity index (χ1v) is 11.4. The Balaban J connectivity index is 1.15. The number of piperidine rings is 1. The van der Waals surface area contributed by atoms with Crippen LogP contribution in [0.25, 0.3) is 0 Å². The molecule has 10 nitrogen and oxygen atoms in total. The van der Waals surface area contributed by atoms with E-state index in [0.717, 1.165) is 88.3 Å². The molecule has 4 heterocycles. The van der Waals surface area contributed by atoms with Crippen molar-refractivity contribution in [3.8, 4) is 5.75 Å². The van der Waals surface area contributed by atoms with Crippen molar-refractivity contribution in [2.24, 2.45) is 0 Å². The van der Waals surface area contributed by atoms with Crippen LogP contribution in [-0.4, -0.2) is 85.4 Å². The van der Waals surface area contributed by atoms with Gasteiger partial charge in [-0.1, -0.05) is 0 Å². The molecule has 0 unspecified atom stereocenters. The van der Waals surface area contributed by atoms with Gasteiger partial charge < -0.3 is 19.7 Å². The maximum atomic E-state index is 5.44. The molecule has 0 bridgehead atoms.